The highest BCUT2D eigenvalue weighted by atomic mass is 16.5. The third-order valence-corrected chi connectivity index (χ3v) is 4.13. The third kappa shape index (κ3) is 7.20. The number of aryl methyl sites for hydroxylation is 2. The van der Waals surface area contributed by atoms with E-state index in [-0.39, 0.29) is 0 Å². The van der Waals surface area contributed by atoms with Crippen molar-refractivity contribution in [2.75, 3.05) is 26.7 Å². The summed E-state index contributed by atoms with van der Waals surface area (Å²) in [6, 6.07) is 0. The number of unbranched alkanes of at least 4 members (excludes halogenated alkanes) is 3. The molecule has 0 spiro atoms. The monoisotopic (exact) mass is 334 g/mol. The highest BCUT2D eigenvalue weighted by molar-refractivity contribution is 5.79. The summed E-state index contributed by atoms with van der Waals surface area (Å²) in [7, 11) is 2.11. The van der Waals surface area contributed by atoms with Crippen molar-refractivity contribution < 1.29 is 4.52 Å². The predicted molar refractivity (Wildman–Crippen MR) is 102 cm³/mol. The molecular weight excluding hydrogens is 300 g/mol. The van der Waals surface area contributed by atoms with E-state index in [9.17, 15) is 0 Å². The fraction of sp³-hybridized carbons (Fsp3) is 0.684. The summed E-state index contributed by atoms with van der Waals surface area (Å²) in [4.78, 5) is 6.98. The fourth-order valence-electron chi connectivity index (χ4n) is 2.69. The van der Waals surface area contributed by atoms with Crippen LogP contribution in [0.25, 0.3) is 0 Å². The Kier molecular flexibility index (Phi) is 9.89. The van der Waals surface area contributed by atoms with Gasteiger partial charge in [-0.15, -0.1) is 6.58 Å². The van der Waals surface area contributed by atoms with E-state index in [0.717, 1.165) is 56.3 Å². The first-order valence-electron chi connectivity index (χ1n) is 9.12. The van der Waals surface area contributed by atoms with Crippen LogP contribution in [0.3, 0.4) is 0 Å². The van der Waals surface area contributed by atoms with Crippen LogP contribution in [0.15, 0.2) is 22.2 Å². The molecule has 5 nitrogen and oxygen atoms in total. The molecule has 0 fully saturated rings. The zero-order chi connectivity index (χ0) is 17.8. The lowest BCUT2D eigenvalue weighted by molar-refractivity contribution is 0.392. The number of hydrogen-bond donors (Lipinski definition) is 1. The largest absolute Gasteiger partial charge is 0.361 e. The molecule has 1 rings (SSSR count). The Hall–Kier alpha value is -1.78. The van der Waals surface area contributed by atoms with Gasteiger partial charge in [0.2, 0.25) is 0 Å². The van der Waals surface area contributed by atoms with Gasteiger partial charge in [0.15, 0.2) is 5.96 Å². The van der Waals surface area contributed by atoms with Gasteiger partial charge in [0.1, 0.15) is 5.76 Å². The zero-order valence-corrected chi connectivity index (χ0v) is 15.9. The molecule has 0 aliphatic carbocycles. The summed E-state index contributed by atoms with van der Waals surface area (Å²) in [5.74, 6) is 1.93. The maximum absolute atomic E-state index is 5.21. The second-order valence-electron chi connectivity index (χ2n) is 6.20. The number of nitrogens with one attached hydrogen (secondary N) is 1. The van der Waals surface area contributed by atoms with E-state index in [0.29, 0.717) is 0 Å². The Balaban J connectivity index is 2.39. The van der Waals surface area contributed by atoms with Crippen LogP contribution in [0.1, 0.15) is 56.0 Å². The van der Waals surface area contributed by atoms with E-state index >= 15 is 0 Å². The van der Waals surface area contributed by atoms with Crippen molar-refractivity contribution in [1.82, 2.24) is 15.4 Å². The van der Waals surface area contributed by atoms with Crippen molar-refractivity contribution in [3.8, 4) is 0 Å². The summed E-state index contributed by atoms with van der Waals surface area (Å²) < 4.78 is 5.21. The van der Waals surface area contributed by atoms with Crippen LogP contribution in [0.2, 0.25) is 0 Å². The standard InChI is InChI=1S/C19H34N4O/c1-6-8-9-10-11-15-23(5)19(20-7-2)21-14-12-13-18-16(3)22-24-17(18)4/h6H,1,7-15H2,2-5H3,(H,20,21). The average molecular weight is 335 g/mol. The molecule has 0 aromatic carbocycles. The molecule has 0 bridgehead atoms. The molecule has 24 heavy (non-hydrogen) atoms. The molecule has 0 saturated carbocycles. The van der Waals surface area contributed by atoms with E-state index < -0.39 is 0 Å². The van der Waals surface area contributed by atoms with Gasteiger partial charge >= 0.3 is 0 Å². The number of aromatic nitrogens is 1. The van der Waals surface area contributed by atoms with Crippen molar-refractivity contribution in [1.29, 1.82) is 0 Å². The average Bonchev–Trinajstić information content (AvgIpc) is 2.88. The first kappa shape index (κ1) is 20.3. The number of aliphatic imine (C=N–C) groups is 1. The Labute approximate surface area is 147 Å². The van der Waals surface area contributed by atoms with Crippen LogP contribution < -0.4 is 5.32 Å². The maximum Gasteiger partial charge on any atom is 0.193 e. The first-order chi connectivity index (χ1) is 11.6. The summed E-state index contributed by atoms with van der Waals surface area (Å²) >= 11 is 0. The summed E-state index contributed by atoms with van der Waals surface area (Å²) in [5, 5.41) is 7.38. The highest BCUT2D eigenvalue weighted by Gasteiger charge is 2.09. The van der Waals surface area contributed by atoms with Gasteiger partial charge in [-0.2, -0.15) is 0 Å². The normalized spacial score (nSPS) is 11.6. The number of hydrogen-bond acceptors (Lipinski definition) is 3. The lowest BCUT2D eigenvalue weighted by Crippen LogP contribution is -2.39. The van der Waals surface area contributed by atoms with Crippen molar-refractivity contribution >= 4 is 5.96 Å². The second-order valence-corrected chi connectivity index (χ2v) is 6.20. The molecule has 136 valence electrons. The van der Waals surface area contributed by atoms with Gasteiger partial charge in [-0.3, -0.25) is 4.99 Å². The summed E-state index contributed by atoms with van der Waals surface area (Å²) in [6.45, 7) is 12.6. The minimum absolute atomic E-state index is 0.813. The molecule has 1 aromatic rings. The molecule has 0 amide bonds. The molecule has 1 aromatic heterocycles. The molecule has 1 heterocycles. The minimum Gasteiger partial charge on any atom is -0.361 e. The van der Waals surface area contributed by atoms with Crippen molar-refractivity contribution in [3.05, 3.63) is 29.7 Å². The SMILES string of the molecule is C=CCCCCCN(C)C(=NCCCc1c(C)noc1C)NCC. The maximum atomic E-state index is 5.21. The van der Waals surface area contributed by atoms with Crippen molar-refractivity contribution in [3.63, 3.8) is 0 Å². The summed E-state index contributed by atoms with van der Waals surface area (Å²) in [5.41, 5.74) is 2.23. The van der Waals surface area contributed by atoms with Gasteiger partial charge in [0.25, 0.3) is 0 Å². The van der Waals surface area contributed by atoms with Crippen molar-refractivity contribution in [2.24, 2.45) is 4.99 Å². The van der Waals surface area contributed by atoms with Gasteiger partial charge in [-0.05, 0) is 52.9 Å². The molecule has 1 N–H and O–H groups in total. The molecule has 0 atom stereocenters. The lowest BCUT2D eigenvalue weighted by Gasteiger charge is -2.22. The molecular formula is C19H34N4O. The Morgan fingerprint density at radius 3 is 2.71 bits per heavy atom. The Morgan fingerprint density at radius 2 is 2.08 bits per heavy atom. The van der Waals surface area contributed by atoms with E-state index in [1.807, 2.05) is 19.9 Å². The minimum atomic E-state index is 0.813. The molecule has 0 saturated heterocycles. The first-order valence-corrected chi connectivity index (χ1v) is 9.12. The van der Waals surface area contributed by atoms with Crippen LogP contribution in [0, 0.1) is 13.8 Å². The van der Waals surface area contributed by atoms with Gasteiger partial charge in [0, 0.05) is 32.2 Å². The van der Waals surface area contributed by atoms with E-state index in [4.69, 9.17) is 9.52 Å². The van der Waals surface area contributed by atoms with Gasteiger partial charge in [-0.1, -0.05) is 17.7 Å². The van der Waals surface area contributed by atoms with Crippen LogP contribution in [-0.2, 0) is 6.42 Å². The van der Waals surface area contributed by atoms with E-state index in [1.54, 1.807) is 0 Å². The lowest BCUT2D eigenvalue weighted by atomic mass is 10.1. The highest BCUT2D eigenvalue weighted by Crippen LogP contribution is 2.14. The number of allylic oxidation sites excluding steroid dienone is 1. The van der Waals surface area contributed by atoms with Crippen LogP contribution in [0.4, 0.5) is 0 Å². The zero-order valence-electron chi connectivity index (χ0n) is 15.9. The van der Waals surface area contributed by atoms with E-state index in [2.05, 4.69) is 35.9 Å². The quantitative estimate of drug-likeness (QED) is 0.289. The summed E-state index contributed by atoms with van der Waals surface area (Å²) in [6.07, 6.45) is 8.73. The number of rotatable bonds is 11. The molecule has 0 unspecified atom stereocenters. The smallest absolute Gasteiger partial charge is 0.193 e. The third-order valence-electron chi connectivity index (χ3n) is 4.13. The van der Waals surface area contributed by atoms with Gasteiger partial charge < -0.3 is 14.7 Å². The number of guanidine groups is 1. The predicted octanol–water partition coefficient (Wildman–Crippen LogP) is 3.87. The Morgan fingerprint density at radius 1 is 1.29 bits per heavy atom. The fourth-order valence-corrected chi connectivity index (χ4v) is 2.69. The van der Waals surface area contributed by atoms with Gasteiger partial charge in [-0.25, -0.2) is 0 Å². The topological polar surface area (TPSA) is 53.7 Å². The van der Waals surface area contributed by atoms with Crippen LogP contribution >= 0.6 is 0 Å². The molecule has 5 heteroatoms. The number of nitrogens with zero attached hydrogens (tertiary/aromatic N) is 3. The van der Waals surface area contributed by atoms with Gasteiger partial charge in [0.05, 0.1) is 5.69 Å². The molecule has 0 aliphatic heterocycles. The Bertz CT molecular complexity index is 488. The molecule has 0 radical (unpaired) electrons. The second kappa shape index (κ2) is 11.7. The molecule has 0 aliphatic rings. The van der Waals surface area contributed by atoms with Crippen molar-refractivity contribution in [2.45, 2.75) is 59.3 Å². The van der Waals surface area contributed by atoms with E-state index in [1.165, 1.54) is 24.8 Å². The van der Waals surface area contributed by atoms with Crippen LogP contribution in [-0.4, -0.2) is 42.7 Å². The van der Waals surface area contributed by atoms with Crippen LogP contribution in [0.5, 0.6) is 0 Å².